The fourth-order valence-corrected chi connectivity index (χ4v) is 3.33. The van der Waals surface area contributed by atoms with Crippen LogP contribution in [0.2, 0.25) is 0 Å². The summed E-state index contributed by atoms with van der Waals surface area (Å²) in [6, 6.07) is 15.3. The van der Waals surface area contributed by atoms with Crippen LogP contribution in [0.15, 0.2) is 60.8 Å². The second kappa shape index (κ2) is 8.36. The van der Waals surface area contributed by atoms with Crippen molar-refractivity contribution in [3.63, 3.8) is 0 Å². The van der Waals surface area contributed by atoms with Crippen LogP contribution >= 0.6 is 0 Å². The number of hydrogen-bond acceptors (Lipinski definition) is 5. The Bertz CT molecular complexity index is 1030. The highest BCUT2D eigenvalue weighted by atomic mass is 19.1. The molecular formula is C22H21FN4O2. The van der Waals surface area contributed by atoms with Crippen LogP contribution in [-0.2, 0) is 4.74 Å². The number of nitrogens with zero attached hydrogens (tertiary/aromatic N) is 3. The molecule has 1 amide bonds. The molecule has 1 saturated heterocycles. The van der Waals surface area contributed by atoms with E-state index in [4.69, 9.17) is 4.74 Å². The first-order valence-corrected chi connectivity index (χ1v) is 9.41. The fraction of sp³-hybridized carbons (Fsp3) is 0.227. The highest BCUT2D eigenvalue weighted by Crippen LogP contribution is 2.25. The Hall–Kier alpha value is -3.32. The molecular weight excluding hydrogens is 371 g/mol. The minimum Gasteiger partial charge on any atom is -0.373 e. The molecule has 1 aliphatic heterocycles. The Morgan fingerprint density at radius 1 is 1.21 bits per heavy atom. The van der Waals surface area contributed by atoms with E-state index < -0.39 is 0 Å². The molecule has 1 unspecified atom stereocenters. The van der Waals surface area contributed by atoms with Crippen LogP contribution in [0.3, 0.4) is 0 Å². The average Bonchev–Trinajstić information content (AvgIpc) is 2.79. The van der Waals surface area contributed by atoms with Gasteiger partial charge in [-0.05, 0) is 36.4 Å². The summed E-state index contributed by atoms with van der Waals surface area (Å²) >= 11 is 0. The zero-order chi connectivity index (χ0) is 20.2. The van der Waals surface area contributed by atoms with Crippen LogP contribution in [0, 0.1) is 5.82 Å². The van der Waals surface area contributed by atoms with E-state index in [2.05, 4.69) is 15.3 Å². The van der Waals surface area contributed by atoms with Gasteiger partial charge in [-0.3, -0.25) is 4.79 Å². The number of nitrogens with one attached hydrogen (secondary N) is 1. The van der Waals surface area contributed by atoms with E-state index in [0.29, 0.717) is 42.3 Å². The predicted molar refractivity (Wildman–Crippen MR) is 108 cm³/mol. The molecule has 0 spiro atoms. The lowest BCUT2D eigenvalue weighted by molar-refractivity contribution is -0.0246. The predicted octanol–water partition coefficient (Wildman–Crippen LogP) is 3.54. The fourth-order valence-electron chi connectivity index (χ4n) is 3.33. The second-order valence-corrected chi connectivity index (χ2v) is 6.75. The van der Waals surface area contributed by atoms with Crippen molar-refractivity contribution in [3.05, 3.63) is 77.9 Å². The van der Waals surface area contributed by atoms with Crippen molar-refractivity contribution in [2.75, 3.05) is 32.1 Å². The quantitative estimate of drug-likeness (QED) is 0.736. The van der Waals surface area contributed by atoms with E-state index in [9.17, 15) is 9.18 Å². The molecule has 3 heterocycles. The Morgan fingerprint density at radius 2 is 2.07 bits per heavy atom. The summed E-state index contributed by atoms with van der Waals surface area (Å²) in [5.74, 6) is 0.266. The zero-order valence-corrected chi connectivity index (χ0v) is 16.0. The molecule has 4 rings (SSSR count). The Kier molecular flexibility index (Phi) is 5.48. The van der Waals surface area contributed by atoms with Crippen LogP contribution in [0.5, 0.6) is 0 Å². The number of carbonyl (C=O) groups excluding carboxylic acids is 1. The molecule has 29 heavy (non-hydrogen) atoms. The smallest absolute Gasteiger partial charge is 0.254 e. The summed E-state index contributed by atoms with van der Waals surface area (Å²) in [5, 5.41) is 2.94. The summed E-state index contributed by atoms with van der Waals surface area (Å²) in [4.78, 5) is 23.5. The van der Waals surface area contributed by atoms with Crippen molar-refractivity contribution in [3.8, 4) is 11.3 Å². The van der Waals surface area contributed by atoms with Crippen molar-refractivity contribution in [1.82, 2.24) is 14.9 Å². The number of halogens is 1. The number of ether oxygens (including phenoxy) is 1. The molecule has 2 aromatic heterocycles. The average molecular weight is 392 g/mol. The van der Waals surface area contributed by atoms with Gasteiger partial charge in [0.15, 0.2) is 0 Å². The summed E-state index contributed by atoms with van der Waals surface area (Å²) in [5.41, 5.74) is 2.66. The third-order valence-corrected chi connectivity index (χ3v) is 4.84. The molecule has 0 saturated carbocycles. The maximum atomic E-state index is 13.6. The lowest BCUT2D eigenvalue weighted by atomic mass is 10.1. The van der Waals surface area contributed by atoms with Gasteiger partial charge < -0.3 is 15.0 Å². The van der Waals surface area contributed by atoms with E-state index in [1.54, 1.807) is 36.3 Å². The first-order valence-electron chi connectivity index (χ1n) is 9.41. The maximum absolute atomic E-state index is 13.6. The van der Waals surface area contributed by atoms with E-state index >= 15 is 0 Å². The minimum atomic E-state index is -0.341. The SMILES string of the molecule is CNc1cc(C(=O)N2CCOC(c3cccc(-c4cccc(F)c4)n3)C2)ccn1. The number of benzene rings is 1. The number of anilines is 1. The van der Waals surface area contributed by atoms with Gasteiger partial charge in [0.25, 0.3) is 5.91 Å². The maximum Gasteiger partial charge on any atom is 0.254 e. The second-order valence-electron chi connectivity index (χ2n) is 6.75. The molecule has 7 heteroatoms. The van der Waals surface area contributed by atoms with E-state index in [0.717, 1.165) is 5.69 Å². The highest BCUT2D eigenvalue weighted by Gasteiger charge is 2.27. The first-order chi connectivity index (χ1) is 14.1. The molecule has 1 N–H and O–H groups in total. The minimum absolute atomic E-state index is 0.0708. The van der Waals surface area contributed by atoms with Crippen LogP contribution < -0.4 is 5.32 Å². The molecule has 1 aromatic carbocycles. The molecule has 1 aliphatic rings. The molecule has 1 fully saturated rings. The Balaban J connectivity index is 1.54. The van der Waals surface area contributed by atoms with Gasteiger partial charge in [-0.15, -0.1) is 0 Å². The summed E-state index contributed by atoms with van der Waals surface area (Å²) < 4.78 is 19.4. The van der Waals surface area contributed by atoms with Crippen molar-refractivity contribution < 1.29 is 13.9 Å². The van der Waals surface area contributed by atoms with Crippen molar-refractivity contribution >= 4 is 11.7 Å². The lowest BCUT2D eigenvalue weighted by Crippen LogP contribution is -2.42. The number of pyridine rings is 2. The number of carbonyl (C=O) groups is 1. The molecule has 0 bridgehead atoms. The number of hydrogen-bond donors (Lipinski definition) is 1. The molecule has 0 aliphatic carbocycles. The number of amides is 1. The van der Waals surface area contributed by atoms with Crippen LogP contribution in [0.1, 0.15) is 22.2 Å². The van der Waals surface area contributed by atoms with Gasteiger partial charge in [0, 0.05) is 30.9 Å². The van der Waals surface area contributed by atoms with Gasteiger partial charge in [0.1, 0.15) is 17.7 Å². The van der Waals surface area contributed by atoms with Gasteiger partial charge in [-0.2, -0.15) is 0 Å². The summed E-state index contributed by atoms with van der Waals surface area (Å²) in [7, 11) is 1.76. The Morgan fingerprint density at radius 3 is 2.90 bits per heavy atom. The van der Waals surface area contributed by atoms with Gasteiger partial charge in [-0.25, -0.2) is 14.4 Å². The lowest BCUT2D eigenvalue weighted by Gasteiger charge is -2.33. The standard InChI is InChI=1S/C22H21FN4O2/c1-24-21-13-16(8-9-25-21)22(28)27-10-11-29-20(14-27)19-7-3-6-18(26-19)15-4-2-5-17(23)12-15/h2-9,12-13,20H,10-11,14H2,1H3,(H,24,25). The molecule has 1 atom stereocenters. The topological polar surface area (TPSA) is 67.4 Å². The highest BCUT2D eigenvalue weighted by molar-refractivity contribution is 5.94. The summed E-state index contributed by atoms with van der Waals surface area (Å²) in [6.07, 6.45) is 1.27. The van der Waals surface area contributed by atoms with Gasteiger partial charge in [-0.1, -0.05) is 18.2 Å². The summed E-state index contributed by atoms with van der Waals surface area (Å²) in [6.45, 7) is 1.33. The number of morpholine rings is 1. The normalized spacial score (nSPS) is 16.5. The van der Waals surface area contributed by atoms with Crippen molar-refractivity contribution in [2.24, 2.45) is 0 Å². The molecule has 148 valence electrons. The third kappa shape index (κ3) is 4.25. The number of aromatic nitrogens is 2. The van der Waals surface area contributed by atoms with Crippen LogP contribution in [0.25, 0.3) is 11.3 Å². The molecule has 3 aromatic rings. The number of rotatable bonds is 4. The zero-order valence-electron chi connectivity index (χ0n) is 16.0. The first kappa shape index (κ1) is 19.0. The molecule has 6 nitrogen and oxygen atoms in total. The van der Waals surface area contributed by atoms with Crippen LogP contribution in [-0.4, -0.2) is 47.5 Å². The molecule has 0 radical (unpaired) electrons. The van der Waals surface area contributed by atoms with Crippen molar-refractivity contribution in [2.45, 2.75) is 6.10 Å². The third-order valence-electron chi connectivity index (χ3n) is 4.84. The van der Waals surface area contributed by atoms with Crippen molar-refractivity contribution in [1.29, 1.82) is 0 Å². The van der Waals surface area contributed by atoms with Gasteiger partial charge in [0.2, 0.25) is 0 Å². The van der Waals surface area contributed by atoms with E-state index in [-0.39, 0.29) is 17.8 Å². The monoisotopic (exact) mass is 392 g/mol. The Labute approximate surface area is 168 Å². The van der Waals surface area contributed by atoms with Gasteiger partial charge >= 0.3 is 0 Å². The van der Waals surface area contributed by atoms with E-state index in [1.165, 1.54) is 12.1 Å². The van der Waals surface area contributed by atoms with Crippen LogP contribution in [0.4, 0.5) is 10.2 Å². The van der Waals surface area contributed by atoms with E-state index in [1.807, 2.05) is 24.3 Å². The van der Waals surface area contributed by atoms with Gasteiger partial charge in [0.05, 0.1) is 24.5 Å². The largest absolute Gasteiger partial charge is 0.373 e.